The second kappa shape index (κ2) is 6.92. The maximum absolute atomic E-state index is 12.9. The van der Waals surface area contributed by atoms with Crippen LogP contribution in [-0.4, -0.2) is 54.9 Å². The molecule has 0 radical (unpaired) electrons. The maximum Gasteiger partial charge on any atom is 0.312 e. The van der Waals surface area contributed by atoms with Crippen molar-refractivity contribution in [1.29, 1.82) is 0 Å². The van der Waals surface area contributed by atoms with Crippen LogP contribution in [0.1, 0.15) is 58.3 Å². The summed E-state index contributed by atoms with van der Waals surface area (Å²) in [6, 6.07) is 0. The van der Waals surface area contributed by atoms with Gasteiger partial charge in [-0.15, -0.1) is 0 Å². The Morgan fingerprint density at radius 1 is 0.690 bits per heavy atom. The molecule has 0 aromatic rings. The number of carbonyl (C=O) groups is 2. The van der Waals surface area contributed by atoms with Gasteiger partial charge in [-0.2, -0.15) is 0 Å². The third-order valence-electron chi connectivity index (χ3n) is 8.02. The number of epoxide rings is 3. The largest absolute Gasteiger partial charge is 0.425 e. The molecular weight excluding hydrogens is 376 g/mol. The predicted octanol–water partition coefficient (Wildman–Crippen LogP) is 2.35. The van der Waals surface area contributed by atoms with E-state index in [0.29, 0.717) is 18.3 Å². The molecule has 10 unspecified atom stereocenters. The van der Waals surface area contributed by atoms with Crippen LogP contribution in [0.4, 0.5) is 0 Å². The first-order valence-corrected chi connectivity index (χ1v) is 11.4. The van der Waals surface area contributed by atoms with Gasteiger partial charge in [0, 0.05) is 5.92 Å². The molecule has 160 valence electrons. The van der Waals surface area contributed by atoms with Gasteiger partial charge in [-0.1, -0.05) is 6.92 Å². The van der Waals surface area contributed by atoms with Crippen molar-refractivity contribution < 1.29 is 33.3 Å². The first-order chi connectivity index (χ1) is 14.0. The van der Waals surface area contributed by atoms with E-state index in [2.05, 4.69) is 6.92 Å². The van der Waals surface area contributed by atoms with E-state index in [1.165, 1.54) is 0 Å². The minimum Gasteiger partial charge on any atom is -0.425 e. The number of carbonyl (C=O) groups excluding carboxylic acids is 2. The van der Waals surface area contributed by atoms with Crippen molar-refractivity contribution in [3.63, 3.8) is 0 Å². The highest BCUT2D eigenvalue weighted by Crippen LogP contribution is 2.46. The van der Waals surface area contributed by atoms with Gasteiger partial charge >= 0.3 is 11.9 Å². The van der Waals surface area contributed by atoms with E-state index < -0.39 is 6.29 Å². The Morgan fingerprint density at radius 3 is 1.72 bits per heavy atom. The summed E-state index contributed by atoms with van der Waals surface area (Å²) in [5, 5.41) is 0. The van der Waals surface area contributed by atoms with Gasteiger partial charge in [-0.3, -0.25) is 9.59 Å². The third kappa shape index (κ3) is 3.70. The van der Waals surface area contributed by atoms with Crippen LogP contribution in [0.25, 0.3) is 0 Å². The predicted molar refractivity (Wildman–Crippen MR) is 98.5 cm³/mol. The van der Waals surface area contributed by atoms with Crippen molar-refractivity contribution in [2.24, 2.45) is 23.7 Å². The molecule has 29 heavy (non-hydrogen) atoms. The summed E-state index contributed by atoms with van der Waals surface area (Å²) in [7, 11) is 0. The second-order valence-corrected chi connectivity index (χ2v) is 10.0. The van der Waals surface area contributed by atoms with E-state index in [9.17, 15) is 9.59 Å². The summed E-state index contributed by atoms with van der Waals surface area (Å²) in [6.45, 7) is 2.14. The molecule has 7 nitrogen and oxygen atoms in total. The number of ether oxygens (including phenoxy) is 5. The lowest BCUT2D eigenvalue weighted by Crippen LogP contribution is -2.41. The van der Waals surface area contributed by atoms with Gasteiger partial charge < -0.3 is 23.7 Å². The summed E-state index contributed by atoms with van der Waals surface area (Å²) in [6.07, 6.45) is 7.42. The molecule has 6 aliphatic rings. The van der Waals surface area contributed by atoms with Gasteiger partial charge in [0.15, 0.2) is 0 Å². The Labute approximate surface area is 170 Å². The van der Waals surface area contributed by atoms with Crippen molar-refractivity contribution >= 4 is 11.9 Å². The van der Waals surface area contributed by atoms with Gasteiger partial charge in [0.25, 0.3) is 6.29 Å². The summed E-state index contributed by atoms with van der Waals surface area (Å²) >= 11 is 0. The standard InChI is InChI=1S/C22H30O7/c1-10-6-16-19(27-16)9-13(10)22(28-20(23)11-2-4-14-17(7-11)25-14)29-21(24)12-3-5-15-18(8-12)26-15/h10-19,22H,2-9H2,1H3. The summed E-state index contributed by atoms with van der Waals surface area (Å²) in [5.74, 6) is -0.504. The molecule has 3 aliphatic heterocycles. The molecule has 0 spiro atoms. The van der Waals surface area contributed by atoms with Crippen LogP contribution in [0.5, 0.6) is 0 Å². The fraction of sp³-hybridized carbons (Fsp3) is 0.909. The fourth-order valence-electron chi connectivity index (χ4n) is 5.87. The molecule has 0 aromatic carbocycles. The lowest BCUT2D eigenvalue weighted by Gasteiger charge is -2.34. The Morgan fingerprint density at radius 2 is 1.17 bits per heavy atom. The molecule has 10 atom stereocenters. The Kier molecular flexibility index (Phi) is 4.44. The van der Waals surface area contributed by atoms with Gasteiger partial charge in [-0.25, -0.2) is 0 Å². The van der Waals surface area contributed by atoms with Crippen LogP contribution in [-0.2, 0) is 33.3 Å². The molecule has 3 saturated carbocycles. The molecular formula is C22H30O7. The van der Waals surface area contributed by atoms with E-state index >= 15 is 0 Å². The molecule has 0 N–H and O–H groups in total. The molecule has 7 heteroatoms. The number of hydrogen-bond donors (Lipinski definition) is 0. The normalized spacial score (nSPS) is 50.2. The zero-order valence-electron chi connectivity index (χ0n) is 16.9. The van der Waals surface area contributed by atoms with Crippen LogP contribution in [0.15, 0.2) is 0 Å². The average molecular weight is 406 g/mol. The highest BCUT2D eigenvalue weighted by molar-refractivity contribution is 5.75. The first kappa shape index (κ1) is 18.6. The number of esters is 2. The maximum atomic E-state index is 12.9. The molecule has 0 aromatic heterocycles. The van der Waals surface area contributed by atoms with Crippen LogP contribution < -0.4 is 0 Å². The van der Waals surface area contributed by atoms with Crippen molar-refractivity contribution in [3.05, 3.63) is 0 Å². The molecule has 0 amide bonds. The molecule has 3 heterocycles. The number of hydrogen-bond acceptors (Lipinski definition) is 7. The van der Waals surface area contributed by atoms with Crippen molar-refractivity contribution in [2.45, 2.75) is 101 Å². The third-order valence-corrected chi connectivity index (χ3v) is 8.02. The quantitative estimate of drug-likeness (QED) is 0.393. The molecule has 6 rings (SSSR count). The van der Waals surface area contributed by atoms with Crippen molar-refractivity contribution in [1.82, 2.24) is 0 Å². The van der Waals surface area contributed by atoms with Crippen LogP contribution in [0.3, 0.4) is 0 Å². The first-order valence-electron chi connectivity index (χ1n) is 11.4. The lowest BCUT2D eigenvalue weighted by molar-refractivity contribution is -0.209. The molecule has 3 saturated heterocycles. The monoisotopic (exact) mass is 406 g/mol. The summed E-state index contributed by atoms with van der Waals surface area (Å²) in [4.78, 5) is 25.8. The molecule has 0 bridgehead atoms. The highest BCUT2D eigenvalue weighted by Gasteiger charge is 2.53. The van der Waals surface area contributed by atoms with Gasteiger partial charge in [0.05, 0.1) is 48.5 Å². The van der Waals surface area contributed by atoms with E-state index in [1.807, 2.05) is 0 Å². The molecule has 6 fully saturated rings. The van der Waals surface area contributed by atoms with Crippen LogP contribution >= 0.6 is 0 Å². The Bertz CT molecular complexity index is 653. The van der Waals surface area contributed by atoms with E-state index in [-0.39, 0.29) is 53.9 Å². The van der Waals surface area contributed by atoms with Crippen molar-refractivity contribution in [2.75, 3.05) is 0 Å². The highest BCUT2D eigenvalue weighted by atomic mass is 16.7. The number of fused-ring (bicyclic) bond motifs is 3. The SMILES string of the molecule is CC1CC2OC2CC1C(OC(=O)C1CCC2OC2C1)OC(=O)C1CCC2OC2C1. The second-order valence-electron chi connectivity index (χ2n) is 10.0. The van der Waals surface area contributed by atoms with Crippen LogP contribution in [0, 0.1) is 23.7 Å². The summed E-state index contributed by atoms with van der Waals surface area (Å²) in [5.41, 5.74) is 0. The zero-order valence-corrected chi connectivity index (χ0v) is 16.9. The van der Waals surface area contributed by atoms with Crippen LogP contribution in [0.2, 0.25) is 0 Å². The van der Waals surface area contributed by atoms with Gasteiger partial charge in [0.1, 0.15) is 0 Å². The summed E-state index contributed by atoms with van der Waals surface area (Å²) < 4.78 is 28.6. The van der Waals surface area contributed by atoms with Crippen molar-refractivity contribution in [3.8, 4) is 0 Å². The lowest BCUT2D eigenvalue weighted by atomic mass is 9.80. The van der Waals surface area contributed by atoms with Gasteiger partial charge in [0.2, 0.25) is 0 Å². The van der Waals surface area contributed by atoms with E-state index in [4.69, 9.17) is 23.7 Å². The molecule has 3 aliphatic carbocycles. The minimum atomic E-state index is -0.814. The Balaban J connectivity index is 1.13. The van der Waals surface area contributed by atoms with Gasteiger partial charge in [-0.05, 0) is 57.3 Å². The topological polar surface area (TPSA) is 90.2 Å². The minimum absolute atomic E-state index is 0.00585. The zero-order chi connectivity index (χ0) is 19.7. The van der Waals surface area contributed by atoms with E-state index in [0.717, 1.165) is 51.4 Å². The average Bonchev–Trinajstić information content (AvgIpc) is 3.58. The van der Waals surface area contributed by atoms with E-state index in [1.54, 1.807) is 0 Å². The smallest absolute Gasteiger partial charge is 0.312 e. The Hall–Kier alpha value is -1.18. The fourth-order valence-corrected chi connectivity index (χ4v) is 5.87. The number of rotatable bonds is 5.